The molecule has 1 fully saturated rings. The molecule has 8 heteroatoms. The smallest absolute Gasteiger partial charge is 0.225 e. The van der Waals surface area contributed by atoms with E-state index >= 15 is 0 Å². The van der Waals surface area contributed by atoms with Gasteiger partial charge < -0.3 is 14.7 Å². The van der Waals surface area contributed by atoms with Crippen LogP contribution in [0.1, 0.15) is 18.4 Å². The van der Waals surface area contributed by atoms with E-state index in [1.807, 2.05) is 18.2 Å². The molecule has 0 spiro atoms. The Morgan fingerprint density at radius 1 is 1.20 bits per heavy atom. The molecular weight excluding hydrogens is 340 g/mol. The number of hydrogen-bond acceptors (Lipinski definition) is 7. The molecule has 130 valence electrons. The van der Waals surface area contributed by atoms with Crippen LogP contribution in [0.4, 0.5) is 0 Å². The molecule has 0 aliphatic carbocycles. The van der Waals surface area contributed by atoms with Gasteiger partial charge in [0.2, 0.25) is 6.29 Å². The van der Waals surface area contributed by atoms with Crippen molar-refractivity contribution in [3.63, 3.8) is 0 Å². The van der Waals surface area contributed by atoms with Gasteiger partial charge in [0, 0.05) is 12.2 Å². The van der Waals surface area contributed by atoms with E-state index in [9.17, 15) is 0 Å². The number of nitrogens with zero attached hydrogens (tertiary/aromatic N) is 4. The van der Waals surface area contributed by atoms with E-state index in [1.54, 1.807) is 18.1 Å². The van der Waals surface area contributed by atoms with E-state index < -0.39 is 6.29 Å². The zero-order chi connectivity index (χ0) is 17.1. The summed E-state index contributed by atoms with van der Waals surface area (Å²) in [6.07, 6.45) is 4.05. The van der Waals surface area contributed by atoms with Gasteiger partial charge in [-0.2, -0.15) is 0 Å². The van der Waals surface area contributed by atoms with Crippen molar-refractivity contribution in [1.82, 2.24) is 19.7 Å². The number of ether oxygens (including phenoxy) is 1. The first-order chi connectivity index (χ1) is 12.3. The van der Waals surface area contributed by atoms with Crippen molar-refractivity contribution < 1.29 is 14.7 Å². The van der Waals surface area contributed by atoms with Crippen molar-refractivity contribution in [2.75, 3.05) is 6.61 Å². The number of aliphatic hydroxyl groups is 1. The van der Waals surface area contributed by atoms with Gasteiger partial charge in [0.15, 0.2) is 5.65 Å². The van der Waals surface area contributed by atoms with Gasteiger partial charge in [-0.05, 0) is 12.0 Å². The van der Waals surface area contributed by atoms with Gasteiger partial charge in [0.1, 0.15) is 23.2 Å². The highest BCUT2D eigenvalue weighted by atomic mass is 32.2. The molecule has 2 aromatic heterocycles. The average molecular weight is 358 g/mol. The van der Waals surface area contributed by atoms with Crippen molar-refractivity contribution in [3.05, 3.63) is 48.5 Å². The highest BCUT2D eigenvalue weighted by molar-refractivity contribution is 7.98. The standard InChI is InChI=1S/C17H18N4O3S/c22-8-13-6-7-14(23-13)24-21-11-20-15-16(21)18-10-19-17(15)25-9-12-4-2-1-3-5-12/h1-5,10-11,13-14,22H,6-9H2/t13-,14+/m0/s1. The van der Waals surface area contributed by atoms with Crippen LogP contribution in [0, 0.1) is 0 Å². The number of hydrogen-bond donors (Lipinski definition) is 1. The second kappa shape index (κ2) is 7.38. The molecule has 1 N–H and O–H groups in total. The monoisotopic (exact) mass is 358 g/mol. The van der Waals surface area contributed by atoms with Crippen molar-refractivity contribution in [2.45, 2.75) is 36.0 Å². The summed E-state index contributed by atoms with van der Waals surface area (Å²) in [5, 5.41) is 9.96. The van der Waals surface area contributed by atoms with Crippen molar-refractivity contribution in [3.8, 4) is 0 Å². The fraction of sp³-hybridized carbons (Fsp3) is 0.353. The summed E-state index contributed by atoms with van der Waals surface area (Å²) in [6.45, 7) is 0.00692. The lowest BCUT2D eigenvalue weighted by Crippen LogP contribution is -2.26. The number of fused-ring (bicyclic) bond motifs is 1. The average Bonchev–Trinajstić information content (AvgIpc) is 3.28. The second-order valence-electron chi connectivity index (χ2n) is 5.75. The fourth-order valence-electron chi connectivity index (χ4n) is 2.71. The molecule has 1 aromatic carbocycles. The predicted molar refractivity (Wildman–Crippen MR) is 92.9 cm³/mol. The Labute approximate surface area is 149 Å². The fourth-order valence-corrected chi connectivity index (χ4v) is 3.61. The highest BCUT2D eigenvalue weighted by Crippen LogP contribution is 2.26. The summed E-state index contributed by atoms with van der Waals surface area (Å²) >= 11 is 1.62. The van der Waals surface area contributed by atoms with Gasteiger partial charge in [0.05, 0.1) is 12.7 Å². The number of rotatable bonds is 6. The summed E-state index contributed by atoms with van der Waals surface area (Å²) < 4.78 is 7.12. The maximum Gasteiger partial charge on any atom is 0.225 e. The minimum atomic E-state index is -0.398. The second-order valence-corrected chi connectivity index (χ2v) is 6.71. The quantitative estimate of drug-likeness (QED) is 0.533. The molecule has 0 unspecified atom stereocenters. The molecule has 0 amide bonds. The lowest BCUT2D eigenvalue weighted by Gasteiger charge is -2.14. The Bertz CT molecular complexity index is 842. The third kappa shape index (κ3) is 3.60. The first-order valence-corrected chi connectivity index (χ1v) is 9.10. The summed E-state index contributed by atoms with van der Waals surface area (Å²) in [4.78, 5) is 18.8. The maximum atomic E-state index is 9.15. The molecule has 1 aliphatic rings. The van der Waals surface area contributed by atoms with Crippen molar-refractivity contribution >= 4 is 22.9 Å². The largest absolute Gasteiger partial charge is 0.394 e. The Morgan fingerprint density at radius 2 is 2.08 bits per heavy atom. The number of aliphatic hydroxyl groups excluding tert-OH is 1. The summed E-state index contributed by atoms with van der Waals surface area (Å²) in [7, 11) is 0. The van der Waals surface area contributed by atoms with Crippen LogP contribution < -0.4 is 4.84 Å². The third-order valence-corrected chi connectivity index (χ3v) is 5.04. The Morgan fingerprint density at radius 3 is 2.88 bits per heavy atom. The predicted octanol–water partition coefficient (Wildman–Crippen LogP) is 2.04. The molecule has 3 aromatic rings. The number of benzene rings is 1. The molecule has 1 aliphatic heterocycles. The molecule has 4 rings (SSSR count). The first-order valence-electron chi connectivity index (χ1n) is 8.11. The first kappa shape index (κ1) is 16.3. The van der Waals surface area contributed by atoms with Gasteiger partial charge in [-0.1, -0.05) is 42.1 Å². The molecule has 0 bridgehead atoms. The zero-order valence-electron chi connectivity index (χ0n) is 13.5. The van der Waals surface area contributed by atoms with E-state index in [0.29, 0.717) is 11.2 Å². The highest BCUT2D eigenvalue weighted by Gasteiger charge is 2.27. The van der Waals surface area contributed by atoms with Crippen LogP contribution >= 0.6 is 11.8 Å². The van der Waals surface area contributed by atoms with Crippen LogP contribution in [0.3, 0.4) is 0 Å². The SMILES string of the molecule is OC[C@@H]1CC[C@@H](On2cnc3c(SCc4ccccc4)ncnc32)O1. The number of imidazole rings is 1. The summed E-state index contributed by atoms with van der Waals surface area (Å²) in [6, 6.07) is 10.2. The molecular formula is C17H18N4O3S. The third-order valence-electron chi connectivity index (χ3n) is 3.99. The van der Waals surface area contributed by atoms with Crippen LogP contribution in [0.5, 0.6) is 0 Å². The summed E-state index contributed by atoms with van der Waals surface area (Å²) in [5.41, 5.74) is 2.55. The number of thioether (sulfide) groups is 1. The van der Waals surface area contributed by atoms with Gasteiger partial charge in [-0.25, -0.2) is 15.0 Å². The van der Waals surface area contributed by atoms with Crippen LogP contribution in [0.25, 0.3) is 11.2 Å². The lowest BCUT2D eigenvalue weighted by atomic mass is 10.2. The molecule has 7 nitrogen and oxygen atoms in total. The van der Waals surface area contributed by atoms with E-state index in [-0.39, 0.29) is 12.7 Å². The van der Waals surface area contributed by atoms with E-state index in [0.717, 1.165) is 23.6 Å². The maximum absolute atomic E-state index is 9.15. The Hall–Kier alpha value is -2.16. The van der Waals surface area contributed by atoms with Crippen molar-refractivity contribution in [1.29, 1.82) is 0 Å². The Balaban J connectivity index is 1.50. The molecule has 3 heterocycles. The molecule has 2 atom stereocenters. The van der Waals surface area contributed by atoms with Crippen LogP contribution in [0.15, 0.2) is 48.0 Å². The van der Waals surface area contributed by atoms with E-state index in [4.69, 9.17) is 14.7 Å². The summed E-state index contributed by atoms with van der Waals surface area (Å²) in [5.74, 6) is 0.810. The molecule has 25 heavy (non-hydrogen) atoms. The van der Waals surface area contributed by atoms with Gasteiger partial charge >= 0.3 is 0 Å². The van der Waals surface area contributed by atoms with E-state index in [2.05, 4.69) is 27.1 Å². The number of aromatic nitrogens is 4. The zero-order valence-corrected chi connectivity index (χ0v) is 14.3. The molecule has 1 saturated heterocycles. The van der Waals surface area contributed by atoms with Gasteiger partial charge in [-0.3, -0.25) is 0 Å². The topological polar surface area (TPSA) is 82.3 Å². The lowest BCUT2D eigenvalue weighted by molar-refractivity contribution is -0.140. The van der Waals surface area contributed by atoms with Crippen LogP contribution in [-0.2, 0) is 10.5 Å². The van der Waals surface area contributed by atoms with Crippen LogP contribution in [-0.4, -0.2) is 43.8 Å². The van der Waals surface area contributed by atoms with Gasteiger partial charge in [-0.15, -0.1) is 4.73 Å². The van der Waals surface area contributed by atoms with Crippen molar-refractivity contribution in [2.24, 2.45) is 0 Å². The molecule has 0 saturated carbocycles. The Kier molecular flexibility index (Phi) is 4.82. The van der Waals surface area contributed by atoms with Gasteiger partial charge in [0.25, 0.3) is 0 Å². The van der Waals surface area contributed by atoms with Crippen LogP contribution in [0.2, 0.25) is 0 Å². The van der Waals surface area contributed by atoms with E-state index in [1.165, 1.54) is 16.6 Å². The molecule has 0 radical (unpaired) electrons. The normalized spacial score (nSPS) is 20.2. The minimum absolute atomic E-state index is 0.00692. The minimum Gasteiger partial charge on any atom is -0.394 e.